The SMILES string of the molecule is O=C(CN1CCC(CN2CCOCC2)CC1)NCc1ccco1. The van der Waals surface area contributed by atoms with Gasteiger partial charge in [0.05, 0.1) is 32.6 Å². The van der Waals surface area contributed by atoms with E-state index in [-0.39, 0.29) is 5.91 Å². The lowest BCUT2D eigenvalue weighted by Gasteiger charge is -2.35. The lowest BCUT2D eigenvalue weighted by molar-refractivity contribution is -0.122. The molecule has 0 bridgehead atoms. The summed E-state index contributed by atoms with van der Waals surface area (Å²) < 4.78 is 10.6. The van der Waals surface area contributed by atoms with Crippen LogP contribution in [0.3, 0.4) is 0 Å². The Morgan fingerprint density at radius 1 is 1.17 bits per heavy atom. The van der Waals surface area contributed by atoms with Gasteiger partial charge in [-0.05, 0) is 44.0 Å². The van der Waals surface area contributed by atoms with Crippen LogP contribution in [-0.2, 0) is 16.1 Å². The van der Waals surface area contributed by atoms with Gasteiger partial charge in [-0.15, -0.1) is 0 Å². The minimum Gasteiger partial charge on any atom is -0.467 e. The molecule has 2 aliphatic rings. The van der Waals surface area contributed by atoms with Crippen molar-refractivity contribution in [3.63, 3.8) is 0 Å². The van der Waals surface area contributed by atoms with Gasteiger partial charge in [0.1, 0.15) is 5.76 Å². The van der Waals surface area contributed by atoms with E-state index in [0.717, 1.165) is 51.1 Å². The second-order valence-corrected chi connectivity index (χ2v) is 6.49. The Hall–Kier alpha value is -1.37. The van der Waals surface area contributed by atoms with Crippen LogP contribution in [0.25, 0.3) is 0 Å². The maximum Gasteiger partial charge on any atom is 0.234 e. The lowest BCUT2D eigenvalue weighted by Crippen LogP contribution is -2.45. The van der Waals surface area contributed by atoms with Crippen molar-refractivity contribution in [3.8, 4) is 0 Å². The van der Waals surface area contributed by atoms with Gasteiger partial charge in [0, 0.05) is 19.6 Å². The number of ether oxygens (including phenoxy) is 1. The Balaban J connectivity index is 1.31. The van der Waals surface area contributed by atoms with Crippen LogP contribution >= 0.6 is 0 Å². The Bertz CT molecular complexity index is 463. The number of amides is 1. The summed E-state index contributed by atoms with van der Waals surface area (Å²) in [5.74, 6) is 1.63. The normalized spacial score (nSPS) is 21.4. The van der Waals surface area contributed by atoms with E-state index in [9.17, 15) is 4.79 Å². The van der Waals surface area contributed by atoms with Crippen LogP contribution in [0.5, 0.6) is 0 Å². The number of rotatable bonds is 6. The van der Waals surface area contributed by atoms with E-state index in [0.29, 0.717) is 13.1 Å². The molecule has 23 heavy (non-hydrogen) atoms. The Morgan fingerprint density at radius 2 is 1.96 bits per heavy atom. The zero-order valence-electron chi connectivity index (χ0n) is 13.7. The zero-order chi connectivity index (χ0) is 15.9. The van der Waals surface area contributed by atoms with Crippen molar-refractivity contribution in [1.82, 2.24) is 15.1 Å². The van der Waals surface area contributed by atoms with Crippen LogP contribution in [0, 0.1) is 5.92 Å². The van der Waals surface area contributed by atoms with Crippen molar-refractivity contribution < 1.29 is 13.9 Å². The fraction of sp³-hybridized carbons (Fsp3) is 0.706. The van der Waals surface area contributed by atoms with Crippen LogP contribution in [0.4, 0.5) is 0 Å². The van der Waals surface area contributed by atoms with Gasteiger partial charge in [-0.1, -0.05) is 0 Å². The monoisotopic (exact) mass is 321 g/mol. The molecule has 0 radical (unpaired) electrons. The summed E-state index contributed by atoms with van der Waals surface area (Å²) in [5.41, 5.74) is 0. The van der Waals surface area contributed by atoms with E-state index in [1.165, 1.54) is 19.4 Å². The maximum atomic E-state index is 12.0. The maximum absolute atomic E-state index is 12.0. The number of piperidine rings is 1. The largest absolute Gasteiger partial charge is 0.467 e. The molecule has 0 atom stereocenters. The van der Waals surface area contributed by atoms with Crippen molar-refractivity contribution in [3.05, 3.63) is 24.2 Å². The van der Waals surface area contributed by atoms with E-state index < -0.39 is 0 Å². The van der Waals surface area contributed by atoms with E-state index in [2.05, 4.69) is 15.1 Å². The Kier molecular flexibility index (Phi) is 6.07. The standard InChI is InChI=1S/C17H27N3O3/c21-17(18-12-16-2-1-9-23-16)14-19-5-3-15(4-6-19)13-20-7-10-22-11-8-20/h1-2,9,15H,3-8,10-14H2,(H,18,21). The van der Waals surface area contributed by atoms with Crippen molar-refractivity contribution in [2.45, 2.75) is 19.4 Å². The van der Waals surface area contributed by atoms with E-state index >= 15 is 0 Å². The first-order valence-corrected chi connectivity index (χ1v) is 8.61. The molecule has 0 saturated carbocycles. The fourth-order valence-corrected chi connectivity index (χ4v) is 3.33. The second-order valence-electron chi connectivity index (χ2n) is 6.49. The number of furan rings is 1. The van der Waals surface area contributed by atoms with Crippen LogP contribution in [0.15, 0.2) is 22.8 Å². The number of hydrogen-bond acceptors (Lipinski definition) is 5. The molecule has 0 unspecified atom stereocenters. The molecule has 3 rings (SSSR count). The number of nitrogens with one attached hydrogen (secondary N) is 1. The molecule has 2 saturated heterocycles. The molecule has 0 spiro atoms. The van der Waals surface area contributed by atoms with Crippen LogP contribution < -0.4 is 5.32 Å². The molecule has 1 aromatic heterocycles. The van der Waals surface area contributed by atoms with E-state index in [4.69, 9.17) is 9.15 Å². The van der Waals surface area contributed by atoms with Crippen molar-refractivity contribution in [1.29, 1.82) is 0 Å². The van der Waals surface area contributed by atoms with Gasteiger partial charge < -0.3 is 14.5 Å². The third kappa shape index (κ3) is 5.34. The molecular weight excluding hydrogens is 294 g/mol. The molecule has 6 nitrogen and oxygen atoms in total. The fourth-order valence-electron chi connectivity index (χ4n) is 3.33. The number of hydrogen-bond donors (Lipinski definition) is 1. The van der Waals surface area contributed by atoms with Gasteiger partial charge >= 0.3 is 0 Å². The predicted octanol–water partition coefficient (Wildman–Crippen LogP) is 0.940. The zero-order valence-corrected chi connectivity index (χ0v) is 13.7. The smallest absolute Gasteiger partial charge is 0.234 e. The summed E-state index contributed by atoms with van der Waals surface area (Å²) in [5, 5.41) is 2.91. The molecule has 6 heteroatoms. The highest BCUT2D eigenvalue weighted by Gasteiger charge is 2.23. The van der Waals surface area contributed by atoms with Gasteiger partial charge in [0.2, 0.25) is 5.91 Å². The van der Waals surface area contributed by atoms with Crippen molar-refractivity contribution in [2.75, 3.05) is 52.5 Å². The average molecular weight is 321 g/mol. The quantitative estimate of drug-likeness (QED) is 0.845. The summed E-state index contributed by atoms with van der Waals surface area (Å²) in [6, 6.07) is 3.71. The summed E-state index contributed by atoms with van der Waals surface area (Å²) in [4.78, 5) is 16.8. The molecule has 1 amide bonds. The number of carbonyl (C=O) groups excluding carboxylic acids is 1. The predicted molar refractivity (Wildman–Crippen MR) is 87.0 cm³/mol. The molecule has 1 N–H and O–H groups in total. The summed E-state index contributed by atoms with van der Waals surface area (Å²) in [6.45, 7) is 8.05. The van der Waals surface area contributed by atoms with Crippen molar-refractivity contribution >= 4 is 5.91 Å². The molecule has 1 aromatic rings. The first-order valence-electron chi connectivity index (χ1n) is 8.61. The summed E-state index contributed by atoms with van der Waals surface area (Å²) >= 11 is 0. The van der Waals surface area contributed by atoms with Crippen LogP contribution in [0.1, 0.15) is 18.6 Å². The van der Waals surface area contributed by atoms with E-state index in [1.54, 1.807) is 6.26 Å². The highest BCUT2D eigenvalue weighted by molar-refractivity contribution is 5.77. The third-order valence-corrected chi connectivity index (χ3v) is 4.73. The number of carbonyl (C=O) groups is 1. The highest BCUT2D eigenvalue weighted by atomic mass is 16.5. The third-order valence-electron chi connectivity index (χ3n) is 4.73. The second kappa shape index (κ2) is 8.47. The number of nitrogens with zero attached hydrogens (tertiary/aromatic N) is 2. The Labute approximate surface area is 137 Å². The lowest BCUT2D eigenvalue weighted by atomic mass is 9.96. The van der Waals surface area contributed by atoms with Gasteiger partial charge in [-0.2, -0.15) is 0 Å². The molecule has 2 aliphatic heterocycles. The van der Waals surface area contributed by atoms with Gasteiger partial charge in [0.25, 0.3) is 0 Å². The van der Waals surface area contributed by atoms with Gasteiger partial charge in [0.15, 0.2) is 0 Å². The molecule has 2 fully saturated rings. The summed E-state index contributed by atoms with van der Waals surface area (Å²) in [6.07, 6.45) is 3.99. The number of morpholine rings is 1. The molecule has 0 aliphatic carbocycles. The summed E-state index contributed by atoms with van der Waals surface area (Å²) in [7, 11) is 0. The first kappa shape index (κ1) is 16.5. The van der Waals surface area contributed by atoms with Crippen LogP contribution in [0.2, 0.25) is 0 Å². The minimum absolute atomic E-state index is 0.0769. The van der Waals surface area contributed by atoms with Crippen LogP contribution in [-0.4, -0.2) is 68.2 Å². The highest BCUT2D eigenvalue weighted by Crippen LogP contribution is 2.18. The molecular formula is C17H27N3O3. The minimum atomic E-state index is 0.0769. The van der Waals surface area contributed by atoms with Gasteiger partial charge in [-0.25, -0.2) is 0 Å². The molecule has 0 aromatic carbocycles. The van der Waals surface area contributed by atoms with Gasteiger partial charge in [-0.3, -0.25) is 14.6 Å². The average Bonchev–Trinajstić information content (AvgIpc) is 3.09. The number of likely N-dealkylation sites (tertiary alicyclic amines) is 1. The van der Waals surface area contributed by atoms with Crippen molar-refractivity contribution in [2.24, 2.45) is 5.92 Å². The first-order chi connectivity index (χ1) is 11.3. The molecule has 3 heterocycles. The Morgan fingerprint density at radius 3 is 2.65 bits per heavy atom. The molecule has 128 valence electrons. The van der Waals surface area contributed by atoms with E-state index in [1.807, 2.05) is 12.1 Å². The topological polar surface area (TPSA) is 58.0 Å².